The third-order valence-corrected chi connectivity index (χ3v) is 5.76. The first-order chi connectivity index (χ1) is 12.8. The van der Waals surface area contributed by atoms with Crippen molar-refractivity contribution in [2.24, 2.45) is 4.99 Å². The Bertz CT molecular complexity index is 903. The van der Waals surface area contributed by atoms with Gasteiger partial charge in [-0.1, -0.05) is 54.6 Å². The number of thioether (sulfide) groups is 1. The standard InChI is InChI=1S/C23H21NOS/c1-2-25-19-14-12-18(13-15-19)23-16-21(17-8-4-3-5-9-17)24-20-10-6-7-11-22(20)26-23/h3-15,23H,2,16H2,1H3. The average molecular weight is 359 g/mol. The summed E-state index contributed by atoms with van der Waals surface area (Å²) < 4.78 is 5.59. The van der Waals surface area contributed by atoms with Gasteiger partial charge in [0.15, 0.2) is 0 Å². The van der Waals surface area contributed by atoms with E-state index in [2.05, 4.69) is 72.8 Å². The van der Waals surface area contributed by atoms with Crippen LogP contribution < -0.4 is 4.74 Å². The zero-order valence-electron chi connectivity index (χ0n) is 14.8. The van der Waals surface area contributed by atoms with Gasteiger partial charge in [0.1, 0.15) is 5.75 Å². The minimum absolute atomic E-state index is 0.327. The van der Waals surface area contributed by atoms with Crippen molar-refractivity contribution in [1.29, 1.82) is 0 Å². The maximum absolute atomic E-state index is 5.59. The lowest BCUT2D eigenvalue weighted by molar-refractivity contribution is 0.340. The smallest absolute Gasteiger partial charge is 0.119 e. The van der Waals surface area contributed by atoms with E-state index in [0.717, 1.165) is 23.6 Å². The van der Waals surface area contributed by atoms with E-state index in [1.165, 1.54) is 16.0 Å². The predicted octanol–water partition coefficient (Wildman–Crippen LogP) is 6.44. The first-order valence-electron chi connectivity index (χ1n) is 8.95. The molecule has 0 aromatic heterocycles. The summed E-state index contributed by atoms with van der Waals surface area (Å²) in [7, 11) is 0. The Morgan fingerprint density at radius 2 is 1.65 bits per heavy atom. The van der Waals surface area contributed by atoms with Crippen LogP contribution in [-0.4, -0.2) is 12.3 Å². The van der Waals surface area contributed by atoms with Crippen LogP contribution in [0.3, 0.4) is 0 Å². The fraction of sp³-hybridized carbons (Fsp3) is 0.174. The minimum atomic E-state index is 0.327. The van der Waals surface area contributed by atoms with Crippen LogP contribution in [0.2, 0.25) is 0 Å². The molecular formula is C23H21NOS. The first kappa shape index (κ1) is 16.9. The second kappa shape index (κ2) is 7.79. The third-order valence-electron chi connectivity index (χ3n) is 4.44. The number of aliphatic imine (C=N–C) groups is 1. The first-order valence-corrected chi connectivity index (χ1v) is 9.83. The molecule has 0 aliphatic carbocycles. The van der Waals surface area contributed by atoms with E-state index in [4.69, 9.17) is 9.73 Å². The third kappa shape index (κ3) is 3.68. The molecule has 130 valence electrons. The Labute approximate surface area is 158 Å². The SMILES string of the molecule is CCOc1ccc(C2CC(c3ccccc3)=Nc3ccccc3S2)cc1. The molecule has 0 saturated carbocycles. The fourth-order valence-corrected chi connectivity index (χ4v) is 4.39. The highest BCUT2D eigenvalue weighted by Crippen LogP contribution is 2.45. The molecule has 3 aromatic rings. The van der Waals surface area contributed by atoms with Crippen LogP contribution in [0, 0.1) is 0 Å². The molecule has 0 radical (unpaired) electrons. The molecule has 0 bridgehead atoms. The molecule has 0 N–H and O–H groups in total. The van der Waals surface area contributed by atoms with Crippen LogP contribution in [0.25, 0.3) is 0 Å². The van der Waals surface area contributed by atoms with Crippen molar-refractivity contribution in [2.45, 2.75) is 23.5 Å². The van der Waals surface area contributed by atoms with E-state index < -0.39 is 0 Å². The van der Waals surface area contributed by atoms with Crippen molar-refractivity contribution in [3.63, 3.8) is 0 Å². The van der Waals surface area contributed by atoms with Gasteiger partial charge in [0.2, 0.25) is 0 Å². The molecule has 0 saturated heterocycles. The second-order valence-electron chi connectivity index (χ2n) is 6.20. The lowest BCUT2D eigenvalue weighted by Crippen LogP contribution is -2.05. The van der Waals surface area contributed by atoms with Crippen molar-refractivity contribution in [3.05, 3.63) is 90.0 Å². The van der Waals surface area contributed by atoms with E-state index >= 15 is 0 Å². The van der Waals surface area contributed by atoms with Gasteiger partial charge in [0.05, 0.1) is 12.3 Å². The van der Waals surface area contributed by atoms with Gasteiger partial charge in [0, 0.05) is 22.3 Å². The molecule has 0 spiro atoms. The summed E-state index contributed by atoms with van der Waals surface area (Å²) >= 11 is 1.89. The topological polar surface area (TPSA) is 21.6 Å². The Balaban J connectivity index is 1.72. The highest BCUT2D eigenvalue weighted by atomic mass is 32.2. The number of benzene rings is 3. The minimum Gasteiger partial charge on any atom is -0.494 e. The predicted molar refractivity (Wildman–Crippen MR) is 110 cm³/mol. The molecule has 3 aromatic carbocycles. The van der Waals surface area contributed by atoms with E-state index in [9.17, 15) is 0 Å². The summed E-state index contributed by atoms with van der Waals surface area (Å²) in [5.41, 5.74) is 4.70. The van der Waals surface area contributed by atoms with Gasteiger partial charge >= 0.3 is 0 Å². The van der Waals surface area contributed by atoms with Crippen molar-refractivity contribution in [1.82, 2.24) is 0 Å². The molecule has 1 atom stereocenters. The molecule has 0 fully saturated rings. The van der Waals surface area contributed by atoms with E-state index in [0.29, 0.717) is 11.9 Å². The summed E-state index contributed by atoms with van der Waals surface area (Å²) in [5.74, 6) is 0.923. The molecule has 1 unspecified atom stereocenters. The van der Waals surface area contributed by atoms with Crippen LogP contribution in [0.1, 0.15) is 29.7 Å². The number of ether oxygens (including phenoxy) is 1. The Hall–Kier alpha value is -2.52. The number of nitrogens with zero attached hydrogens (tertiary/aromatic N) is 1. The molecule has 0 amide bonds. The summed E-state index contributed by atoms with van der Waals surface area (Å²) in [6.07, 6.45) is 0.900. The second-order valence-corrected chi connectivity index (χ2v) is 7.45. The summed E-state index contributed by atoms with van der Waals surface area (Å²) in [5, 5.41) is 0.327. The number of fused-ring (bicyclic) bond motifs is 1. The maximum atomic E-state index is 5.59. The molecule has 3 heteroatoms. The largest absolute Gasteiger partial charge is 0.494 e. The van der Waals surface area contributed by atoms with Gasteiger partial charge in [0.25, 0.3) is 0 Å². The molecular weight excluding hydrogens is 338 g/mol. The van der Waals surface area contributed by atoms with E-state index in [-0.39, 0.29) is 0 Å². The highest BCUT2D eigenvalue weighted by Gasteiger charge is 2.22. The number of hydrogen-bond donors (Lipinski definition) is 0. The molecule has 1 aliphatic rings. The normalized spacial score (nSPS) is 16.3. The summed E-state index contributed by atoms with van der Waals surface area (Å²) in [6.45, 7) is 2.70. The van der Waals surface area contributed by atoms with Crippen molar-refractivity contribution in [3.8, 4) is 5.75 Å². The maximum Gasteiger partial charge on any atom is 0.119 e. The van der Waals surface area contributed by atoms with E-state index in [1.54, 1.807) is 0 Å². The van der Waals surface area contributed by atoms with Crippen LogP contribution in [0.5, 0.6) is 5.75 Å². The van der Waals surface area contributed by atoms with Gasteiger partial charge in [-0.2, -0.15) is 0 Å². The highest BCUT2D eigenvalue weighted by molar-refractivity contribution is 7.99. The zero-order chi connectivity index (χ0) is 17.8. The van der Waals surface area contributed by atoms with Crippen LogP contribution in [0.4, 0.5) is 5.69 Å². The Morgan fingerprint density at radius 1 is 0.923 bits per heavy atom. The van der Waals surface area contributed by atoms with Crippen LogP contribution >= 0.6 is 11.8 Å². The van der Waals surface area contributed by atoms with E-state index in [1.807, 2.05) is 24.8 Å². The van der Waals surface area contributed by atoms with Crippen LogP contribution in [-0.2, 0) is 0 Å². The molecule has 4 rings (SSSR count). The number of hydrogen-bond acceptors (Lipinski definition) is 3. The zero-order valence-corrected chi connectivity index (χ0v) is 15.6. The number of para-hydroxylation sites is 1. The number of rotatable bonds is 4. The monoisotopic (exact) mass is 359 g/mol. The van der Waals surface area contributed by atoms with Gasteiger partial charge in [-0.15, -0.1) is 11.8 Å². The molecule has 1 aliphatic heterocycles. The molecule has 1 heterocycles. The Morgan fingerprint density at radius 3 is 2.42 bits per heavy atom. The Kier molecular flexibility index (Phi) is 5.07. The van der Waals surface area contributed by atoms with Crippen LogP contribution in [0.15, 0.2) is 88.8 Å². The fourth-order valence-electron chi connectivity index (χ4n) is 3.15. The molecule has 26 heavy (non-hydrogen) atoms. The lowest BCUT2D eigenvalue weighted by atomic mass is 10.0. The van der Waals surface area contributed by atoms with Gasteiger partial charge in [-0.25, -0.2) is 0 Å². The van der Waals surface area contributed by atoms with Gasteiger partial charge in [-0.3, -0.25) is 4.99 Å². The quantitative estimate of drug-likeness (QED) is 0.534. The van der Waals surface area contributed by atoms with Crippen molar-refractivity contribution >= 4 is 23.2 Å². The molecule has 2 nitrogen and oxygen atoms in total. The lowest BCUT2D eigenvalue weighted by Gasteiger charge is -2.16. The van der Waals surface area contributed by atoms with Crippen molar-refractivity contribution in [2.75, 3.05) is 6.61 Å². The van der Waals surface area contributed by atoms with Crippen molar-refractivity contribution < 1.29 is 4.74 Å². The summed E-state index contributed by atoms with van der Waals surface area (Å²) in [6, 6.07) is 27.4. The van der Waals surface area contributed by atoms with Gasteiger partial charge in [-0.05, 0) is 42.3 Å². The van der Waals surface area contributed by atoms with Gasteiger partial charge < -0.3 is 4.74 Å². The average Bonchev–Trinajstić information content (AvgIpc) is 2.89. The summed E-state index contributed by atoms with van der Waals surface area (Å²) in [4.78, 5) is 6.24.